The quantitative estimate of drug-likeness (QED) is 0.677. The zero-order valence-corrected chi connectivity index (χ0v) is 14.6. The molecule has 7 heteroatoms. The van der Waals surface area contributed by atoms with Gasteiger partial charge in [-0.15, -0.1) is 11.8 Å². The number of carbonyl (C=O) groups is 1. The van der Waals surface area contributed by atoms with Gasteiger partial charge in [0, 0.05) is 42.2 Å². The van der Waals surface area contributed by atoms with Crippen molar-refractivity contribution in [3.8, 4) is 0 Å². The van der Waals surface area contributed by atoms with E-state index >= 15 is 0 Å². The minimum absolute atomic E-state index is 0.0803. The van der Waals surface area contributed by atoms with Gasteiger partial charge in [-0.3, -0.25) is 4.79 Å². The Morgan fingerprint density at radius 2 is 2.12 bits per heavy atom. The normalized spacial score (nSPS) is 13.9. The summed E-state index contributed by atoms with van der Waals surface area (Å²) in [6.45, 7) is 3.18. The van der Waals surface area contributed by atoms with Crippen molar-refractivity contribution in [2.45, 2.75) is 24.8 Å². The van der Waals surface area contributed by atoms with Crippen molar-refractivity contribution in [1.82, 2.24) is 19.5 Å². The minimum Gasteiger partial charge on any atom is -0.337 e. The molecule has 0 saturated heterocycles. The SMILES string of the molecule is Cc1cc2ncc3c(n2n1)CCN(C(=O)CSc1ccc(F)cc1)C3. The predicted molar refractivity (Wildman–Crippen MR) is 94.0 cm³/mol. The Hall–Kier alpha value is -2.41. The number of aryl methyl sites for hydroxylation is 1. The topological polar surface area (TPSA) is 50.5 Å². The molecule has 5 nitrogen and oxygen atoms in total. The Morgan fingerprint density at radius 3 is 2.92 bits per heavy atom. The Morgan fingerprint density at radius 1 is 1.32 bits per heavy atom. The van der Waals surface area contributed by atoms with E-state index in [1.165, 1.54) is 23.9 Å². The van der Waals surface area contributed by atoms with E-state index in [2.05, 4.69) is 10.1 Å². The Balaban J connectivity index is 1.45. The van der Waals surface area contributed by atoms with Gasteiger partial charge >= 0.3 is 0 Å². The number of benzene rings is 1. The average Bonchev–Trinajstić information content (AvgIpc) is 3.01. The summed E-state index contributed by atoms with van der Waals surface area (Å²) in [5, 5.41) is 4.50. The second kappa shape index (κ2) is 6.48. The van der Waals surface area contributed by atoms with E-state index in [1.807, 2.05) is 28.6 Å². The van der Waals surface area contributed by atoms with Gasteiger partial charge in [-0.1, -0.05) is 0 Å². The smallest absolute Gasteiger partial charge is 0.233 e. The molecule has 1 aliphatic rings. The molecular weight excluding hydrogens is 339 g/mol. The number of aromatic nitrogens is 3. The third-order valence-electron chi connectivity index (χ3n) is 4.30. The van der Waals surface area contributed by atoms with Gasteiger partial charge in [0.2, 0.25) is 5.91 Å². The van der Waals surface area contributed by atoms with Gasteiger partial charge in [0.05, 0.1) is 17.1 Å². The van der Waals surface area contributed by atoms with Crippen LogP contribution in [0.3, 0.4) is 0 Å². The molecule has 0 spiro atoms. The highest BCUT2D eigenvalue weighted by atomic mass is 32.2. The molecule has 4 rings (SSSR count). The molecule has 128 valence electrons. The second-order valence-corrected chi connectivity index (χ2v) is 7.14. The highest BCUT2D eigenvalue weighted by molar-refractivity contribution is 8.00. The van der Waals surface area contributed by atoms with Gasteiger partial charge < -0.3 is 4.90 Å². The van der Waals surface area contributed by atoms with Crippen LogP contribution in [0.2, 0.25) is 0 Å². The van der Waals surface area contributed by atoms with E-state index in [0.717, 1.165) is 33.9 Å². The number of hydrogen-bond donors (Lipinski definition) is 0. The molecule has 0 atom stereocenters. The van der Waals surface area contributed by atoms with Crippen LogP contribution in [0.5, 0.6) is 0 Å². The fraction of sp³-hybridized carbons (Fsp3) is 0.278. The number of carbonyl (C=O) groups excluding carboxylic acids is 1. The zero-order valence-electron chi connectivity index (χ0n) is 13.8. The summed E-state index contributed by atoms with van der Waals surface area (Å²) in [6.07, 6.45) is 2.61. The van der Waals surface area contributed by atoms with Crippen LogP contribution in [-0.4, -0.2) is 37.7 Å². The first kappa shape index (κ1) is 16.1. The minimum atomic E-state index is -0.268. The van der Waals surface area contributed by atoms with Crippen LogP contribution in [0.25, 0.3) is 5.65 Å². The van der Waals surface area contributed by atoms with E-state index in [-0.39, 0.29) is 11.7 Å². The molecule has 25 heavy (non-hydrogen) atoms. The average molecular weight is 356 g/mol. The van der Waals surface area contributed by atoms with Gasteiger partial charge in [-0.05, 0) is 31.2 Å². The maximum absolute atomic E-state index is 12.9. The number of fused-ring (bicyclic) bond motifs is 3. The number of amides is 1. The van der Waals surface area contributed by atoms with Crippen molar-refractivity contribution in [2.75, 3.05) is 12.3 Å². The summed E-state index contributed by atoms with van der Waals surface area (Å²) in [6, 6.07) is 8.16. The molecule has 0 saturated carbocycles. The van der Waals surface area contributed by atoms with Crippen molar-refractivity contribution in [3.63, 3.8) is 0 Å². The first-order valence-corrected chi connectivity index (χ1v) is 9.08. The first-order chi connectivity index (χ1) is 12.1. The van der Waals surface area contributed by atoms with Crippen LogP contribution in [0, 0.1) is 12.7 Å². The van der Waals surface area contributed by atoms with E-state index in [4.69, 9.17) is 0 Å². The number of thioether (sulfide) groups is 1. The number of halogens is 1. The fourth-order valence-electron chi connectivity index (χ4n) is 3.04. The van der Waals surface area contributed by atoms with E-state index < -0.39 is 0 Å². The van der Waals surface area contributed by atoms with Crippen LogP contribution in [0.15, 0.2) is 41.4 Å². The van der Waals surface area contributed by atoms with E-state index in [0.29, 0.717) is 18.8 Å². The molecule has 1 amide bonds. The summed E-state index contributed by atoms with van der Waals surface area (Å²) in [4.78, 5) is 19.7. The Kier molecular flexibility index (Phi) is 4.17. The molecule has 2 aromatic heterocycles. The maximum atomic E-state index is 12.9. The van der Waals surface area contributed by atoms with E-state index in [9.17, 15) is 9.18 Å². The van der Waals surface area contributed by atoms with Gasteiger partial charge in [0.15, 0.2) is 5.65 Å². The predicted octanol–water partition coefficient (Wildman–Crippen LogP) is 2.85. The molecule has 0 aliphatic carbocycles. The van der Waals surface area contributed by atoms with Crippen LogP contribution in [-0.2, 0) is 17.8 Å². The van der Waals surface area contributed by atoms with Crippen molar-refractivity contribution in [2.24, 2.45) is 0 Å². The molecule has 0 radical (unpaired) electrons. The standard InChI is InChI=1S/C18H17FN4OS/c1-12-8-17-20-9-13-10-22(7-6-16(13)23(17)21-12)18(24)11-25-15-4-2-14(19)3-5-15/h2-5,8-9H,6-7,10-11H2,1H3. The lowest BCUT2D eigenvalue weighted by Gasteiger charge is -2.28. The summed E-state index contributed by atoms with van der Waals surface area (Å²) >= 11 is 1.43. The summed E-state index contributed by atoms with van der Waals surface area (Å²) in [5.74, 6) is 0.157. The first-order valence-electron chi connectivity index (χ1n) is 8.09. The monoisotopic (exact) mass is 356 g/mol. The van der Waals surface area contributed by atoms with Gasteiger partial charge in [-0.2, -0.15) is 5.10 Å². The molecule has 0 unspecified atom stereocenters. The molecule has 3 heterocycles. The largest absolute Gasteiger partial charge is 0.337 e. The van der Waals surface area contributed by atoms with Gasteiger partial charge in [0.1, 0.15) is 5.82 Å². The van der Waals surface area contributed by atoms with Gasteiger partial charge in [-0.25, -0.2) is 13.9 Å². The molecule has 1 aromatic carbocycles. The Labute approximate surface area is 148 Å². The number of hydrogen-bond acceptors (Lipinski definition) is 4. The van der Waals surface area contributed by atoms with Crippen molar-refractivity contribution in [3.05, 3.63) is 59.3 Å². The second-order valence-electron chi connectivity index (χ2n) is 6.09. The lowest BCUT2D eigenvalue weighted by Crippen LogP contribution is -2.38. The number of nitrogens with zero attached hydrogens (tertiary/aromatic N) is 4. The Bertz CT molecular complexity index is 938. The summed E-state index contributed by atoms with van der Waals surface area (Å²) in [7, 11) is 0. The molecule has 3 aromatic rings. The molecular formula is C18H17FN4OS. The summed E-state index contributed by atoms with van der Waals surface area (Å²) in [5.41, 5.74) is 3.97. The maximum Gasteiger partial charge on any atom is 0.233 e. The summed E-state index contributed by atoms with van der Waals surface area (Å²) < 4.78 is 14.8. The number of rotatable bonds is 3. The van der Waals surface area contributed by atoms with Crippen LogP contribution in [0.4, 0.5) is 4.39 Å². The van der Waals surface area contributed by atoms with Gasteiger partial charge in [0.25, 0.3) is 0 Å². The van der Waals surface area contributed by atoms with Crippen LogP contribution in [0.1, 0.15) is 17.0 Å². The third kappa shape index (κ3) is 3.24. The lowest BCUT2D eigenvalue weighted by molar-refractivity contribution is -0.129. The zero-order chi connectivity index (χ0) is 17.4. The highest BCUT2D eigenvalue weighted by Crippen LogP contribution is 2.22. The highest BCUT2D eigenvalue weighted by Gasteiger charge is 2.23. The molecule has 0 N–H and O–H groups in total. The lowest BCUT2D eigenvalue weighted by atomic mass is 10.1. The van der Waals surface area contributed by atoms with Crippen molar-refractivity contribution < 1.29 is 9.18 Å². The molecule has 0 fully saturated rings. The van der Waals surface area contributed by atoms with Crippen LogP contribution < -0.4 is 0 Å². The van der Waals surface area contributed by atoms with E-state index in [1.54, 1.807) is 12.1 Å². The molecule has 0 bridgehead atoms. The van der Waals surface area contributed by atoms with Crippen LogP contribution >= 0.6 is 11.8 Å². The molecule has 1 aliphatic heterocycles. The van der Waals surface area contributed by atoms with Crippen molar-refractivity contribution >= 4 is 23.3 Å². The third-order valence-corrected chi connectivity index (χ3v) is 5.30. The fourth-order valence-corrected chi connectivity index (χ4v) is 3.84. The van der Waals surface area contributed by atoms with Crippen molar-refractivity contribution in [1.29, 1.82) is 0 Å².